The van der Waals surface area contributed by atoms with Crippen molar-refractivity contribution in [3.05, 3.63) is 12.2 Å². The van der Waals surface area contributed by atoms with E-state index in [4.69, 9.17) is 9.47 Å². The van der Waals surface area contributed by atoms with Gasteiger partial charge in [-0.1, -0.05) is 6.08 Å². The summed E-state index contributed by atoms with van der Waals surface area (Å²) in [6.45, 7) is -2.59. The molecule has 0 fully saturated rings. The fraction of sp³-hybridized carbons (Fsp3) is 0.526. The molecular formula is C19H27N5O9. The molecule has 1 aliphatic rings. The normalized spacial score (nSPS) is 20.7. The molecule has 0 spiro atoms. The van der Waals surface area contributed by atoms with Gasteiger partial charge in [-0.3, -0.25) is 28.8 Å². The molecular weight excluding hydrogens is 442 g/mol. The maximum atomic E-state index is 11.6. The maximum Gasteiger partial charge on any atom is 0.330 e. The second-order valence-electron chi connectivity index (χ2n) is 6.61. The van der Waals surface area contributed by atoms with Gasteiger partial charge in [-0.05, 0) is 19.3 Å². The van der Waals surface area contributed by atoms with Gasteiger partial charge in [0.1, 0.15) is 6.54 Å². The summed E-state index contributed by atoms with van der Waals surface area (Å²) in [6, 6.07) is 0. The van der Waals surface area contributed by atoms with Crippen molar-refractivity contribution in [2.45, 2.75) is 19.3 Å². The Morgan fingerprint density at radius 1 is 0.576 bits per heavy atom. The number of hydrogen-bond donors (Lipinski definition) is 5. The molecule has 0 aromatic heterocycles. The molecule has 1 aliphatic heterocycles. The zero-order valence-corrected chi connectivity index (χ0v) is 17.9. The highest BCUT2D eigenvalue weighted by Gasteiger charge is 2.12. The molecule has 0 radical (unpaired) electrons. The Morgan fingerprint density at radius 2 is 1.06 bits per heavy atom. The van der Waals surface area contributed by atoms with Gasteiger partial charge in [-0.2, -0.15) is 0 Å². The van der Waals surface area contributed by atoms with Crippen molar-refractivity contribution in [2.24, 2.45) is 0 Å². The molecule has 0 aromatic carbocycles. The minimum atomic E-state index is -0.737. The highest BCUT2D eigenvalue weighted by molar-refractivity contribution is 5.92. The number of amides is 5. The van der Waals surface area contributed by atoms with Gasteiger partial charge in [-0.15, -0.1) is 0 Å². The van der Waals surface area contributed by atoms with E-state index >= 15 is 0 Å². The fourth-order valence-corrected chi connectivity index (χ4v) is 2.15. The maximum absolute atomic E-state index is 11.6. The monoisotopic (exact) mass is 469 g/mol. The number of hydrogen-bond acceptors (Lipinski definition) is 9. The lowest BCUT2D eigenvalue weighted by Crippen LogP contribution is -2.46. The fourth-order valence-electron chi connectivity index (χ4n) is 2.15. The van der Waals surface area contributed by atoms with Crippen LogP contribution in [0.3, 0.4) is 0 Å². The Hall–Kier alpha value is -3.97. The molecule has 14 nitrogen and oxygen atoms in total. The SMILES string of the molecule is O=C1CNC(=O)CNC(=O)COC(=O)/C=C\CCCCOC(=O)CNC(=O)CNC(=O)CN1. The first-order chi connectivity index (χ1) is 15.8. The number of ether oxygens (including phenoxy) is 2. The Morgan fingerprint density at radius 3 is 1.61 bits per heavy atom. The molecule has 5 N–H and O–H groups in total. The number of esters is 2. The van der Waals surface area contributed by atoms with Gasteiger partial charge in [0.15, 0.2) is 6.61 Å². The van der Waals surface area contributed by atoms with Crippen LogP contribution in [0.4, 0.5) is 0 Å². The van der Waals surface area contributed by atoms with Gasteiger partial charge in [0.25, 0.3) is 5.91 Å². The molecule has 0 aromatic rings. The quantitative estimate of drug-likeness (QED) is 0.222. The second kappa shape index (κ2) is 15.8. The third-order valence-electron chi connectivity index (χ3n) is 3.84. The van der Waals surface area contributed by atoms with Crippen molar-refractivity contribution in [1.82, 2.24) is 26.6 Å². The Labute approximate surface area is 189 Å². The summed E-state index contributed by atoms with van der Waals surface area (Å²) < 4.78 is 9.67. The van der Waals surface area contributed by atoms with E-state index in [0.717, 1.165) is 6.08 Å². The highest BCUT2D eigenvalue weighted by Crippen LogP contribution is 1.98. The Kier molecular flexibility index (Phi) is 12.9. The largest absolute Gasteiger partial charge is 0.464 e. The lowest BCUT2D eigenvalue weighted by Gasteiger charge is -2.09. The van der Waals surface area contributed by atoms with Crippen LogP contribution in [-0.2, 0) is 43.0 Å². The van der Waals surface area contributed by atoms with Crippen molar-refractivity contribution < 1.29 is 43.0 Å². The summed E-state index contributed by atoms with van der Waals surface area (Å²) in [4.78, 5) is 81.3. The number of cyclic esters (lactones) is 2. The molecule has 5 amide bonds. The van der Waals surface area contributed by atoms with Gasteiger partial charge in [0.05, 0.1) is 32.8 Å². The van der Waals surface area contributed by atoms with Gasteiger partial charge in [0, 0.05) is 6.08 Å². The van der Waals surface area contributed by atoms with Crippen LogP contribution in [0.15, 0.2) is 12.2 Å². The third kappa shape index (κ3) is 14.6. The number of carbonyl (C=O) groups excluding carboxylic acids is 7. The van der Waals surface area contributed by atoms with Crippen LogP contribution < -0.4 is 26.6 Å². The minimum absolute atomic E-state index is 0.122. The van der Waals surface area contributed by atoms with E-state index in [1.54, 1.807) is 6.08 Å². The van der Waals surface area contributed by atoms with Crippen LogP contribution in [0.1, 0.15) is 19.3 Å². The number of allylic oxidation sites excluding steroid dienone is 1. The lowest BCUT2D eigenvalue weighted by atomic mass is 10.2. The molecule has 1 rings (SSSR count). The predicted octanol–water partition coefficient (Wildman–Crippen LogP) is -3.61. The molecule has 0 atom stereocenters. The first kappa shape index (κ1) is 27.1. The minimum Gasteiger partial charge on any atom is -0.464 e. The van der Waals surface area contributed by atoms with Gasteiger partial charge >= 0.3 is 11.9 Å². The number of nitrogens with one attached hydrogen (secondary N) is 5. The lowest BCUT2D eigenvalue weighted by molar-refractivity contribution is -0.144. The first-order valence-electron chi connectivity index (χ1n) is 10.1. The number of rotatable bonds is 0. The molecule has 14 heteroatoms. The average molecular weight is 469 g/mol. The zero-order chi connectivity index (χ0) is 24.5. The zero-order valence-electron chi connectivity index (χ0n) is 17.9. The summed E-state index contributed by atoms with van der Waals surface area (Å²) >= 11 is 0. The van der Waals surface area contributed by atoms with Crippen molar-refractivity contribution in [3.63, 3.8) is 0 Å². The molecule has 0 unspecified atom stereocenters. The third-order valence-corrected chi connectivity index (χ3v) is 3.84. The van der Waals surface area contributed by atoms with E-state index in [1.807, 2.05) is 0 Å². The van der Waals surface area contributed by atoms with Crippen molar-refractivity contribution in [3.8, 4) is 0 Å². The second-order valence-corrected chi connectivity index (χ2v) is 6.61. The van der Waals surface area contributed by atoms with Crippen molar-refractivity contribution in [2.75, 3.05) is 45.9 Å². The van der Waals surface area contributed by atoms with E-state index < -0.39 is 74.3 Å². The number of carbonyl (C=O) groups is 7. The molecule has 1 heterocycles. The van der Waals surface area contributed by atoms with Crippen LogP contribution >= 0.6 is 0 Å². The van der Waals surface area contributed by atoms with Crippen LogP contribution in [-0.4, -0.2) is 87.4 Å². The Balaban J connectivity index is 2.53. The van der Waals surface area contributed by atoms with Crippen molar-refractivity contribution in [1.29, 1.82) is 0 Å². The summed E-state index contributed by atoms with van der Waals surface area (Å²) in [7, 11) is 0. The van der Waals surface area contributed by atoms with Crippen LogP contribution in [0, 0.1) is 0 Å². The molecule has 0 saturated heterocycles. The van der Waals surface area contributed by atoms with E-state index in [1.165, 1.54) is 0 Å². The first-order valence-corrected chi connectivity index (χ1v) is 10.1. The van der Waals surface area contributed by atoms with E-state index in [-0.39, 0.29) is 13.2 Å². The van der Waals surface area contributed by atoms with E-state index in [9.17, 15) is 33.6 Å². The van der Waals surface area contributed by atoms with E-state index in [0.29, 0.717) is 19.3 Å². The summed E-state index contributed by atoms with van der Waals surface area (Å²) in [6.07, 6.45) is 4.33. The molecule has 0 saturated carbocycles. The summed E-state index contributed by atoms with van der Waals surface area (Å²) in [5.41, 5.74) is 0. The molecule has 0 bridgehead atoms. The van der Waals surface area contributed by atoms with Crippen LogP contribution in [0.25, 0.3) is 0 Å². The smallest absolute Gasteiger partial charge is 0.330 e. The molecule has 0 aliphatic carbocycles. The topological polar surface area (TPSA) is 198 Å². The summed E-state index contributed by atoms with van der Waals surface area (Å²) in [5.74, 6) is -4.74. The van der Waals surface area contributed by atoms with Gasteiger partial charge in [0.2, 0.25) is 23.6 Å². The molecule has 33 heavy (non-hydrogen) atoms. The van der Waals surface area contributed by atoms with Crippen LogP contribution in [0.5, 0.6) is 0 Å². The summed E-state index contributed by atoms with van der Waals surface area (Å²) in [5, 5.41) is 11.2. The van der Waals surface area contributed by atoms with E-state index in [2.05, 4.69) is 26.6 Å². The van der Waals surface area contributed by atoms with Gasteiger partial charge < -0.3 is 36.1 Å². The highest BCUT2D eigenvalue weighted by atomic mass is 16.5. The average Bonchev–Trinajstić information content (AvgIpc) is 2.79. The standard InChI is InChI=1S/C19H27N5O9/c25-13-8-21-15(27)10-23-17(29)12-33-18(30)5-3-1-2-4-6-32-19(31)11-24-16(28)9-22-14(26)7-20-13/h3,5H,1-2,4,6-12H2,(H,20,25)(H,21,27)(H,22,26)(H,23,29)(H,24,28)/b5-3-. The van der Waals surface area contributed by atoms with Crippen LogP contribution in [0.2, 0.25) is 0 Å². The van der Waals surface area contributed by atoms with Crippen molar-refractivity contribution >= 4 is 41.5 Å². The predicted molar refractivity (Wildman–Crippen MR) is 110 cm³/mol. The Bertz CT molecular complexity index is 782. The molecule has 182 valence electrons. The van der Waals surface area contributed by atoms with Gasteiger partial charge in [-0.25, -0.2) is 4.79 Å².